The van der Waals surface area contributed by atoms with Gasteiger partial charge in [0.2, 0.25) is 5.91 Å². The predicted molar refractivity (Wildman–Crippen MR) is 116 cm³/mol. The van der Waals surface area contributed by atoms with Crippen molar-refractivity contribution in [2.24, 2.45) is 20.7 Å². The van der Waals surface area contributed by atoms with Gasteiger partial charge in [-0.25, -0.2) is 4.79 Å². The number of nitrogens with zero attached hydrogens (tertiary/aromatic N) is 5. The van der Waals surface area contributed by atoms with E-state index in [9.17, 15) is 14.7 Å². The Bertz CT molecular complexity index is 959. The zero-order valence-electron chi connectivity index (χ0n) is 17.7. The van der Waals surface area contributed by atoms with Crippen molar-refractivity contribution in [2.75, 3.05) is 0 Å². The van der Waals surface area contributed by atoms with Gasteiger partial charge in [-0.05, 0) is 40.0 Å². The van der Waals surface area contributed by atoms with Crippen LogP contribution in [0.4, 0.5) is 0 Å². The molecule has 1 aliphatic heterocycles. The maximum absolute atomic E-state index is 12.7. The molecule has 0 aliphatic carbocycles. The highest BCUT2D eigenvalue weighted by molar-refractivity contribution is 5.83. The maximum atomic E-state index is 12.7. The first kappa shape index (κ1) is 22.3. The lowest BCUT2D eigenvalue weighted by molar-refractivity contribution is -0.151. The minimum Gasteiger partial charge on any atom is -0.480 e. The predicted octanol–water partition coefficient (Wildman–Crippen LogP) is 5.41. The molecule has 1 atom stereocenters. The van der Waals surface area contributed by atoms with Crippen molar-refractivity contribution < 1.29 is 14.7 Å². The summed E-state index contributed by atoms with van der Waals surface area (Å²) in [7, 11) is 0. The number of hydrogen-bond donors (Lipinski definition) is 1. The molecule has 161 valence electrons. The molecular weight excluding hydrogens is 394 g/mol. The van der Waals surface area contributed by atoms with E-state index in [2.05, 4.69) is 20.7 Å². The second kappa shape index (κ2) is 10.6. The first-order chi connectivity index (χ1) is 15.0. The highest BCUT2D eigenvalue weighted by Gasteiger charge is 2.28. The summed E-state index contributed by atoms with van der Waals surface area (Å²) >= 11 is 0. The summed E-state index contributed by atoms with van der Waals surface area (Å²) in [5.74, 6) is -1.10. The van der Waals surface area contributed by atoms with Crippen LogP contribution in [0.15, 0.2) is 69.2 Å². The van der Waals surface area contributed by atoms with E-state index in [1.807, 2.05) is 55.5 Å². The Kier molecular flexibility index (Phi) is 7.59. The molecule has 0 saturated carbocycles. The Morgan fingerprint density at radius 1 is 0.968 bits per heavy atom. The largest absolute Gasteiger partial charge is 0.480 e. The second-order valence-electron chi connectivity index (χ2n) is 7.33. The van der Waals surface area contributed by atoms with Crippen LogP contribution in [0, 0.1) is 6.17 Å². The van der Waals surface area contributed by atoms with Crippen molar-refractivity contribution in [2.45, 2.75) is 52.1 Å². The van der Waals surface area contributed by atoms with Crippen molar-refractivity contribution in [1.29, 1.82) is 0 Å². The van der Waals surface area contributed by atoms with Crippen molar-refractivity contribution in [3.05, 3.63) is 65.8 Å². The van der Waals surface area contributed by atoms with Gasteiger partial charge in [-0.1, -0.05) is 68.8 Å². The van der Waals surface area contributed by atoms with Gasteiger partial charge in [0.25, 0.3) is 6.17 Å². The molecule has 8 heteroatoms. The summed E-state index contributed by atoms with van der Waals surface area (Å²) in [5.41, 5.74) is 3.60. The number of carbonyl (C=O) groups excluding carboxylic acids is 1. The number of benzene rings is 2. The summed E-state index contributed by atoms with van der Waals surface area (Å²) in [6.07, 6.45) is 2.80. The van der Waals surface area contributed by atoms with E-state index in [0.29, 0.717) is 19.0 Å². The van der Waals surface area contributed by atoms with Crippen LogP contribution in [0.5, 0.6) is 0 Å². The van der Waals surface area contributed by atoms with Crippen molar-refractivity contribution in [3.63, 3.8) is 0 Å². The molecule has 0 bridgehead atoms. The number of hydrogen-bond acceptors (Lipinski definition) is 6. The lowest BCUT2D eigenvalue weighted by atomic mass is 9.97. The highest BCUT2D eigenvalue weighted by Crippen LogP contribution is 2.32. The van der Waals surface area contributed by atoms with E-state index in [-0.39, 0.29) is 12.5 Å². The molecule has 1 aliphatic rings. The summed E-state index contributed by atoms with van der Waals surface area (Å²) < 4.78 is 0. The van der Waals surface area contributed by atoms with Gasteiger partial charge < -0.3 is 10.0 Å². The standard InChI is InChI=1S/C23H26N5O3/c1-3-5-10-21(29)28(20(4-2)23(30)31)15-16-11-13-17(14-12-16)18-8-6-7-9-19(18)22-24-26-27-25-22/h6-9,11-14,20H,3-5,10,15H2,1-2H3,(H,30,31). The van der Waals surface area contributed by atoms with Gasteiger partial charge >= 0.3 is 5.97 Å². The van der Waals surface area contributed by atoms with Crippen molar-refractivity contribution in [3.8, 4) is 11.1 Å². The van der Waals surface area contributed by atoms with Crippen LogP contribution < -0.4 is 0 Å². The van der Waals surface area contributed by atoms with Crippen LogP contribution >= 0.6 is 0 Å². The molecule has 0 aromatic heterocycles. The third kappa shape index (κ3) is 5.39. The second-order valence-corrected chi connectivity index (χ2v) is 7.33. The van der Waals surface area contributed by atoms with E-state index in [0.717, 1.165) is 35.1 Å². The third-order valence-electron chi connectivity index (χ3n) is 5.22. The van der Waals surface area contributed by atoms with Crippen LogP contribution in [-0.2, 0) is 16.1 Å². The number of amides is 1. The molecular formula is C23H26N5O3. The molecule has 31 heavy (non-hydrogen) atoms. The smallest absolute Gasteiger partial charge is 0.326 e. The Hall–Kier alpha value is -3.42. The first-order valence-electron chi connectivity index (χ1n) is 10.4. The molecule has 8 nitrogen and oxygen atoms in total. The number of aliphatic carboxylic acids is 1. The van der Waals surface area contributed by atoms with Gasteiger partial charge in [0, 0.05) is 18.5 Å². The molecule has 0 fully saturated rings. The average molecular weight is 420 g/mol. The molecule has 3 rings (SSSR count). The number of unbranched alkanes of at least 4 members (excludes halogenated alkanes) is 1. The molecule has 1 amide bonds. The molecule has 0 spiro atoms. The Labute approximate surface area is 181 Å². The number of carboxylic acid groups (broad SMARTS) is 1. The molecule has 1 heterocycles. The zero-order chi connectivity index (χ0) is 22.2. The Balaban J connectivity index is 1.83. The minimum absolute atomic E-state index is 0.126. The average Bonchev–Trinajstić information content (AvgIpc) is 3.32. The summed E-state index contributed by atoms with van der Waals surface area (Å²) in [5, 5.41) is 24.6. The van der Waals surface area contributed by atoms with Crippen molar-refractivity contribution >= 4 is 11.9 Å². The fourth-order valence-corrected chi connectivity index (χ4v) is 3.54. The fourth-order valence-electron chi connectivity index (χ4n) is 3.54. The molecule has 2 aromatic carbocycles. The Morgan fingerprint density at radius 3 is 2.19 bits per heavy atom. The fraction of sp³-hybridized carbons (Fsp3) is 0.348. The molecule has 0 saturated heterocycles. The first-order valence-corrected chi connectivity index (χ1v) is 10.4. The van der Waals surface area contributed by atoms with Gasteiger partial charge in [0.15, 0.2) is 0 Å². The molecule has 1 unspecified atom stereocenters. The van der Waals surface area contributed by atoms with Crippen LogP contribution in [0.25, 0.3) is 11.1 Å². The van der Waals surface area contributed by atoms with Gasteiger partial charge in [-0.2, -0.15) is 0 Å². The Morgan fingerprint density at radius 2 is 1.61 bits per heavy atom. The minimum atomic E-state index is -0.977. The SMILES string of the molecule is CCCCC(=O)N(Cc1ccc(-c2ccccc2[C]2N=NN=N2)cc1)C(CC)C(=O)O. The van der Waals surface area contributed by atoms with E-state index < -0.39 is 12.0 Å². The van der Waals surface area contributed by atoms with E-state index in [4.69, 9.17) is 0 Å². The molecule has 2 aromatic rings. The maximum Gasteiger partial charge on any atom is 0.326 e. The summed E-state index contributed by atoms with van der Waals surface area (Å²) in [4.78, 5) is 25.9. The van der Waals surface area contributed by atoms with E-state index in [1.165, 1.54) is 4.90 Å². The highest BCUT2D eigenvalue weighted by atomic mass is 16.4. The van der Waals surface area contributed by atoms with E-state index in [1.54, 1.807) is 6.92 Å². The monoisotopic (exact) mass is 420 g/mol. The summed E-state index contributed by atoms with van der Waals surface area (Å²) in [6, 6.07) is 14.6. The summed E-state index contributed by atoms with van der Waals surface area (Å²) in [6.45, 7) is 4.05. The normalized spacial score (nSPS) is 14.0. The number of carboxylic acids is 1. The lowest BCUT2D eigenvalue weighted by Gasteiger charge is -2.28. The van der Waals surface area contributed by atoms with Crippen LogP contribution in [0.1, 0.15) is 50.7 Å². The van der Waals surface area contributed by atoms with Gasteiger partial charge in [0.05, 0.1) is 0 Å². The molecule has 1 N–H and O–H groups in total. The third-order valence-corrected chi connectivity index (χ3v) is 5.22. The topological polar surface area (TPSA) is 107 Å². The van der Waals surface area contributed by atoms with Gasteiger partial charge in [-0.3, -0.25) is 4.79 Å². The van der Waals surface area contributed by atoms with Crippen LogP contribution in [0.2, 0.25) is 0 Å². The quantitative estimate of drug-likeness (QED) is 0.555. The van der Waals surface area contributed by atoms with Gasteiger partial charge in [-0.15, -0.1) is 10.2 Å². The number of carbonyl (C=O) groups is 2. The van der Waals surface area contributed by atoms with Gasteiger partial charge in [0.1, 0.15) is 6.04 Å². The number of rotatable bonds is 10. The zero-order valence-corrected chi connectivity index (χ0v) is 17.7. The molecule has 1 radical (unpaired) electrons. The van der Waals surface area contributed by atoms with Crippen LogP contribution in [0.3, 0.4) is 0 Å². The van der Waals surface area contributed by atoms with E-state index >= 15 is 0 Å². The van der Waals surface area contributed by atoms with Crippen molar-refractivity contribution in [1.82, 2.24) is 4.90 Å². The van der Waals surface area contributed by atoms with Crippen LogP contribution in [-0.4, -0.2) is 27.9 Å². The lowest BCUT2D eigenvalue weighted by Crippen LogP contribution is -2.44.